The fraction of sp³-hybridized carbons (Fsp3) is 0.429. The number of nitrogens with zero attached hydrogens (tertiary/aromatic N) is 2. The molecule has 0 saturated carbocycles. The van der Waals surface area contributed by atoms with Gasteiger partial charge < -0.3 is 25.5 Å². The average molecular weight is 598 g/mol. The number of aromatic nitrogens is 4. The number of rotatable bonds is 9. The summed E-state index contributed by atoms with van der Waals surface area (Å²) in [6, 6.07) is 6.15. The molecule has 2 aliphatic heterocycles. The third kappa shape index (κ3) is 5.56. The number of allylic oxidation sites excluding steroid dienone is 2. The van der Waals surface area contributed by atoms with E-state index in [1.54, 1.807) is 0 Å². The van der Waals surface area contributed by atoms with Crippen molar-refractivity contribution >= 4 is 45.2 Å². The van der Waals surface area contributed by atoms with Gasteiger partial charge >= 0.3 is 11.9 Å². The number of aromatic amines is 2. The van der Waals surface area contributed by atoms with Crippen molar-refractivity contribution in [3.05, 3.63) is 68.8 Å². The molecule has 8 bridgehead atoms. The summed E-state index contributed by atoms with van der Waals surface area (Å²) in [6.07, 6.45) is 2.22. The highest BCUT2D eigenvalue weighted by atomic mass is 16.4. The van der Waals surface area contributed by atoms with Crippen molar-refractivity contribution in [2.45, 2.75) is 92.5 Å². The molecule has 0 saturated heterocycles. The van der Waals surface area contributed by atoms with Crippen molar-refractivity contribution in [2.75, 3.05) is 6.54 Å². The molecule has 0 spiro atoms. The molecule has 2 aliphatic rings. The van der Waals surface area contributed by atoms with E-state index in [1.165, 1.54) is 5.56 Å². The van der Waals surface area contributed by atoms with Crippen LogP contribution in [0.25, 0.3) is 33.2 Å². The van der Waals surface area contributed by atoms with Gasteiger partial charge in [0.2, 0.25) is 0 Å². The van der Waals surface area contributed by atoms with Gasteiger partial charge in [-0.3, -0.25) is 9.78 Å². The van der Waals surface area contributed by atoms with E-state index in [4.69, 9.17) is 9.97 Å². The number of nitrogens with one attached hydrogen (secondary N) is 3. The largest absolute Gasteiger partial charge is 0.481 e. The monoisotopic (exact) mass is 597 g/mol. The van der Waals surface area contributed by atoms with Crippen molar-refractivity contribution in [2.24, 2.45) is 0 Å². The molecule has 0 fully saturated rings. The average Bonchev–Trinajstić information content (AvgIpc) is 3.65. The van der Waals surface area contributed by atoms with Gasteiger partial charge in [-0.2, -0.15) is 0 Å². The summed E-state index contributed by atoms with van der Waals surface area (Å²) in [5.41, 5.74) is 12.5. The second-order valence-electron chi connectivity index (χ2n) is 12.1. The molecule has 0 amide bonds. The Bertz CT molecular complexity index is 1850. The fourth-order valence-corrected chi connectivity index (χ4v) is 6.71. The molecule has 44 heavy (non-hydrogen) atoms. The first-order valence-corrected chi connectivity index (χ1v) is 15.6. The summed E-state index contributed by atoms with van der Waals surface area (Å²) in [5, 5.41) is 23.4. The zero-order chi connectivity index (χ0) is 31.9. The summed E-state index contributed by atoms with van der Waals surface area (Å²) >= 11 is 0. The number of aromatic carboxylic acids is 1. The van der Waals surface area contributed by atoms with Gasteiger partial charge in [0.1, 0.15) is 0 Å². The van der Waals surface area contributed by atoms with Gasteiger partial charge in [0.25, 0.3) is 0 Å². The Morgan fingerprint density at radius 2 is 1.61 bits per heavy atom. The Labute approximate surface area is 257 Å². The van der Waals surface area contributed by atoms with Crippen molar-refractivity contribution in [1.82, 2.24) is 25.3 Å². The fourth-order valence-electron chi connectivity index (χ4n) is 6.71. The maximum atomic E-state index is 12.6. The number of hydrogen-bond donors (Lipinski definition) is 5. The van der Waals surface area contributed by atoms with Gasteiger partial charge in [-0.25, -0.2) is 9.78 Å². The van der Waals surface area contributed by atoms with Crippen LogP contribution in [0.5, 0.6) is 0 Å². The van der Waals surface area contributed by atoms with Crippen LogP contribution in [0.1, 0.15) is 121 Å². The van der Waals surface area contributed by atoms with Crippen LogP contribution in [0.3, 0.4) is 0 Å². The Kier molecular flexibility index (Phi) is 8.79. The molecule has 232 valence electrons. The lowest BCUT2D eigenvalue weighted by atomic mass is 9.86. The molecule has 9 nitrogen and oxygen atoms in total. The van der Waals surface area contributed by atoms with E-state index in [1.807, 2.05) is 19.9 Å². The van der Waals surface area contributed by atoms with Crippen LogP contribution in [0.15, 0.2) is 18.2 Å². The van der Waals surface area contributed by atoms with E-state index in [9.17, 15) is 19.8 Å². The number of carboxylic acids is 2. The summed E-state index contributed by atoms with van der Waals surface area (Å²) in [5.74, 6) is -2.12. The molecule has 5 rings (SSSR count). The van der Waals surface area contributed by atoms with Crippen molar-refractivity contribution in [3.8, 4) is 0 Å². The summed E-state index contributed by atoms with van der Waals surface area (Å²) in [4.78, 5) is 41.5. The molecule has 3 aromatic rings. The number of aryl methyl sites for hydroxylation is 3. The Balaban J connectivity index is 1.94. The predicted molar refractivity (Wildman–Crippen MR) is 175 cm³/mol. The Hall–Kier alpha value is -4.24. The zero-order valence-corrected chi connectivity index (χ0v) is 26.7. The highest BCUT2D eigenvalue weighted by Gasteiger charge is 2.32. The molecule has 0 unspecified atom stereocenters. The highest BCUT2D eigenvalue weighted by molar-refractivity contribution is 6.02. The van der Waals surface area contributed by atoms with E-state index in [2.05, 4.69) is 62.0 Å². The lowest BCUT2D eigenvalue weighted by Crippen LogP contribution is -2.14. The third-order valence-corrected chi connectivity index (χ3v) is 9.38. The van der Waals surface area contributed by atoms with E-state index in [0.29, 0.717) is 35.1 Å². The van der Waals surface area contributed by atoms with E-state index in [0.717, 1.165) is 69.9 Å². The summed E-state index contributed by atoms with van der Waals surface area (Å²) in [6.45, 7) is 15.9. The van der Waals surface area contributed by atoms with Gasteiger partial charge in [0.15, 0.2) is 0 Å². The number of aliphatic carboxylic acids is 1. The topological polar surface area (TPSA) is 144 Å². The molecule has 3 aromatic heterocycles. The smallest absolute Gasteiger partial charge is 0.338 e. The van der Waals surface area contributed by atoms with Gasteiger partial charge in [-0.1, -0.05) is 20.8 Å². The molecule has 9 heteroatoms. The van der Waals surface area contributed by atoms with Crippen LogP contribution in [0, 0.1) is 20.8 Å². The van der Waals surface area contributed by atoms with Crippen LogP contribution in [-0.4, -0.2) is 48.6 Å². The number of hydrogen-bond acceptors (Lipinski definition) is 5. The van der Waals surface area contributed by atoms with Gasteiger partial charge in [0, 0.05) is 52.7 Å². The predicted octanol–water partition coefficient (Wildman–Crippen LogP) is 7.53. The normalized spacial score (nSPS) is 16.5. The summed E-state index contributed by atoms with van der Waals surface area (Å²) in [7, 11) is 0. The van der Waals surface area contributed by atoms with E-state index >= 15 is 0 Å². The van der Waals surface area contributed by atoms with Gasteiger partial charge in [-0.15, -0.1) is 0 Å². The molecular formula is C35H43N5O4. The van der Waals surface area contributed by atoms with Crippen molar-refractivity contribution in [3.63, 3.8) is 0 Å². The number of carboxylic acid groups (broad SMARTS) is 2. The SMILES string of the molecule is CCCNCc1c(C)c2cc3nc(c(C)c4[nH]c(cc5nc(cc1[nH]2)C(C)=C5CC)c(C)c4C(=O)O)[C@@H](CCC(=O)O)[C@@H]3C. The molecular weight excluding hydrogens is 554 g/mol. The van der Waals surface area contributed by atoms with Crippen molar-refractivity contribution < 1.29 is 19.8 Å². The summed E-state index contributed by atoms with van der Waals surface area (Å²) < 4.78 is 0. The molecule has 0 aliphatic carbocycles. The van der Waals surface area contributed by atoms with Crippen LogP contribution in [-0.2, 0) is 11.3 Å². The standard InChI is InChI=1S/C35H43N5O4/c1-8-12-36-16-24-19(5)25-13-27-18(4)23(10-11-31(41)42)33(39-27)21(7)34-32(35(43)44)20(6)28(40-34)15-29-22(9-2)17(3)26(37-29)14-30(24)38-25/h13-15,18,23,36,38,40H,8-12,16H2,1-7H3,(H,41,42)(H,43,44)/t18-,23-/m0/s1. The molecule has 2 atom stereocenters. The minimum absolute atomic E-state index is 0.000949. The molecule has 0 radical (unpaired) electrons. The van der Waals surface area contributed by atoms with Crippen LogP contribution in [0.4, 0.5) is 0 Å². The first-order valence-electron chi connectivity index (χ1n) is 15.6. The van der Waals surface area contributed by atoms with Crippen LogP contribution < -0.4 is 5.32 Å². The molecule has 0 aromatic carbocycles. The number of fused-ring (bicyclic) bond motifs is 8. The minimum atomic E-state index is -1.02. The second kappa shape index (κ2) is 12.4. The van der Waals surface area contributed by atoms with Gasteiger partial charge in [0.05, 0.1) is 22.5 Å². The zero-order valence-electron chi connectivity index (χ0n) is 26.7. The minimum Gasteiger partial charge on any atom is -0.481 e. The molecule has 5 heterocycles. The first kappa shape index (κ1) is 31.2. The lowest BCUT2D eigenvalue weighted by molar-refractivity contribution is -0.137. The van der Waals surface area contributed by atoms with Crippen molar-refractivity contribution in [1.29, 1.82) is 0 Å². The Morgan fingerprint density at radius 3 is 2.27 bits per heavy atom. The maximum absolute atomic E-state index is 12.6. The molecule has 5 N–H and O–H groups in total. The maximum Gasteiger partial charge on any atom is 0.338 e. The van der Waals surface area contributed by atoms with Gasteiger partial charge in [-0.05, 0) is 105 Å². The lowest BCUT2D eigenvalue weighted by Gasteiger charge is -2.16. The third-order valence-electron chi connectivity index (χ3n) is 9.38. The second-order valence-corrected chi connectivity index (χ2v) is 12.1. The number of H-pyrrole nitrogens is 2. The quantitative estimate of drug-likeness (QED) is 0.160. The first-order chi connectivity index (χ1) is 21.0. The highest BCUT2D eigenvalue weighted by Crippen LogP contribution is 2.42. The van der Waals surface area contributed by atoms with E-state index in [-0.39, 0.29) is 23.8 Å². The van der Waals surface area contributed by atoms with Crippen LogP contribution >= 0.6 is 0 Å². The van der Waals surface area contributed by atoms with Crippen LogP contribution in [0.2, 0.25) is 0 Å². The number of carbonyl (C=O) groups is 2. The van der Waals surface area contributed by atoms with E-state index < -0.39 is 11.9 Å². The Morgan fingerprint density at radius 1 is 0.909 bits per heavy atom.